The molecular formula is C37H26S. The van der Waals surface area contributed by atoms with Gasteiger partial charge in [-0.25, -0.2) is 0 Å². The molecule has 0 nitrogen and oxygen atoms in total. The van der Waals surface area contributed by atoms with Crippen molar-refractivity contribution in [3.8, 4) is 33.4 Å². The Morgan fingerprint density at radius 3 is 1.76 bits per heavy atom. The van der Waals surface area contributed by atoms with E-state index in [1.54, 1.807) is 0 Å². The molecule has 1 aliphatic carbocycles. The third-order valence-electron chi connectivity index (χ3n) is 8.47. The fraction of sp³-hybridized carbons (Fsp3) is 0.0811. The highest BCUT2D eigenvalue weighted by molar-refractivity contribution is 7.25. The van der Waals surface area contributed by atoms with E-state index in [0.29, 0.717) is 0 Å². The van der Waals surface area contributed by atoms with Crippen molar-refractivity contribution in [1.82, 2.24) is 0 Å². The molecular weight excluding hydrogens is 476 g/mol. The van der Waals surface area contributed by atoms with Gasteiger partial charge in [0, 0.05) is 25.6 Å². The number of thiophene rings is 1. The Bertz CT molecular complexity index is 2050. The molecule has 0 spiro atoms. The van der Waals surface area contributed by atoms with Crippen molar-refractivity contribution in [3.05, 3.63) is 132 Å². The van der Waals surface area contributed by atoms with Crippen LogP contribution in [0.2, 0.25) is 0 Å². The quantitative estimate of drug-likeness (QED) is 0.220. The van der Waals surface area contributed by atoms with Gasteiger partial charge in [0.15, 0.2) is 0 Å². The van der Waals surface area contributed by atoms with E-state index in [1.807, 2.05) is 11.3 Å². The molecule has 1 heteroatoms. The van der Waals surface area contributed by atoms with E-state index in [1.165, 1.54) is 75.5 Å². The average Bonchev–Trinajstić information content (AvgIpc) is 3.44. The number of fused-ring (bicyclic) bond motifs is 7. The molecule has 0 saturated heterocycles. The van der Waals surface area contributed by atoms with Crippen molar-refractivity contribution >= 4 is 42.3 Å². The van der Waals surface area contributed by atoms with Crippen LogP contribution in [0.1, 0.15) is 25.0 Å². The lowest BCUT2D eigenvalue weighted by Gasteiger charge is -2.22. The first-order valence-electron chi connectivity index (χ1n) is 13.3. The van der Waals surface area contributed by atoms with Crippen molar-refractivity contribution in [2.45, 2.75) is 19.3 Å². The minimum atomic E-state index is 0.0167. The summed E-state index contributed by atoms with van der Waals surface area (Å²) in [5.74, 6) is 0. The Kier molecular flexibility index (Phi) is 4.54. The van der Waals surface area contributed by atoms with Crippen LogP contribution in [-0.4, -0.2) is 0 Å². The van der Waals surface area contributed by atoms with Crippen LogP contribution in [0.3, 0.4) is 0 Å². The molecule has 0 amide bonds. The fourth-order valence-electron chi connectivity index (χ4n) is 6.39. The largest absolute Gasteiger partial charge is 0.135 e. The van der Waals surface area contributed by atoms with Crippen LogP contribution < -0.4 is 0 Å². The van der Waals surface area contributed by atoms with Crippen LogP contribution in [0.25, 0.3) is 64.3 Å². The van der Waals surface area contributed by atoms with Gasteiger partial charge in [-0.1, -0.05) is 111 Å². The predicted molar refractivity (Wildman–Crippen MR) is 165 cm³/mol. The number of rotatable bonds is 2. The summed E-state index contributed by atoms with van der Waals surface area (Å²) in [4.78, 5) is 0. The van der Waals surface area contributed by atoms with E-state index < -0.39 is 0 Å². The summed E-state index contributed by atoms with van der Waals surface area (Å²) in [6, 6.07) is 45.1. The summed E-state index contributed by atoms with van der Waals surface area (Å²) < 4.78 is 2.68. The Morgan fingerprint density at radius 2 is 1.00 bits per heavy atom. The van der Waals surface area contributed by atoms with Crippen molar-refractivity contribution in [2.24, 2.45) is 0 Å². The zero-order valence-corrected chi connectivity index (χ0v) is 22.3. The lowest BCUT2D eigenvalue weighted by atomic mass is 9.81. The van der Waals surface area contributed by atoms with Crippen LogP contribution in [0.4, 0.5) is 0 Å². The van der Waals surface area contributed by atoms with Gasteiger partial charge in [0.2, 0.25) is 0 Å². The van der Waals surface area contributed by atoms with Crippen molar-refractivity contribution in [1.29, 1.82) is 0 Å². The van der Waals surface area contributed by atoms with E-state index in [-0.39, 0.29) is 5.41 Å². The first kappa shape index (κ1) is 21.8. The summed E-state index contributed by atoms with van der Waals surface area (Å²) in [5.41, 5.74) is 10.7. The van der Waals surface area contributed by atoms with Gasteiger partial charge in [-0.3, -0.25) is 0 Å². The molecule has 1 heterocycles. The first-order valence-corrected chi connectivity index (χ1v) is 14.1. The molecule has 0 unspecified atom stereocenters. The normalized spacial score (nSPS) is 13.7. The maximum atomic E-state index is 2.42. The second kappa shape index (κ2) is 7.90. The predicted octanol–water partition coefficient (Wildman–Crippen LogP) is 10.8. The average molecular weight is 503 g/mol. The third-order valence-corrected chi connectivity index (χ3v) is 9.59. The Morgan fingerprint density at radius 1 is 0.447 bits per heavy atom. The molecule has 0 saturated carbocycles. The third kappa shape index (κ3) is 3.15. The minimum absolute atomic E-state index is 0.0167. The zero-order valence-electron chi connectivity index (χ0n) is 21.5. The molecule has 38 heavy (non-hydrogen) atoms. The second-order valence-corrected chi connectivity index (χ2v) is 12.1. The van der Waals surface area contributed by atoms with Gasteiger partial charge in [0.25, 0.3) is 0 Å². The lowest BCUT2D eigenvalue weighted by Crippen LogP contribution is -2.14. The fourth-order valence-corrected chi connectivity index (χ4v) is 7.57. The van der Waals surface area contributed by atoms with Crippen molar-refractivity contribution < 1.29 is 0 Å². The van der Waals surface area contributed by atoms with Crippen LogP contribution in [0.15, 0.2) is 121 Å². The van der Waals surface area contributed by atoms with Crippen LogP contribution in [0, 0.1) is 0 Å². The smallest absolute Gasteiger partial charge is 0.0361 e. The Labute approximate surface area is 226 Å². The molecule has 1 aliphatic rings. The SMILES string of the molecule is CC1(C)c2ccccc2-c2ccc(-c3ccc4c(c3)sc3cc(-c5ccc6ccccc6c5)ccc34)cc21. The van der Waals surface area contributed by atoms with Crippen LogP contribution >= 0.6 is 11.3 Å². The van der Waals surface area contributed by atoms with Crippen molar-refractivity contribution in [3.63, 3.8) is 0 Å². The number of benzene rings is 6. The molecule has 0 bridgehead atoms. The highest BCUT2D eigenvalue weighted by atomic mass is 32.1. The maximum Gasteiger partial charge on any atom is 0.0361 e. The monoisotopic (exact) mass is 502 g/mol. The standard InChI is InChI=1S/C37H26S/c1-37(2)33-10-6-5-9-29(33)30-16-13-26(20-34(30)37)28-15-18-32-31-17-14-27(21-35(31)38-36(32)22-28)25-12-11-23-7-3-4-8-24(23)19-25/h3-22H,1-2H3. The minimum Gasteiger partial charge on any atom is -0.135 e. The molecule has 0 atom stereocenters. The summed E-state index contributed by atoms with van der Waals surface area (Å²) in [7, 11) is 0. The zero-order chi connectivity index (χ0) is 25.4. The summed E-state index contributed by atoms with van der Waals surface area (Å²) in [5, 5.41) is 5.25. The van der Waals surface area contributed by atoms with Gasteiger partial charge in [0.05, 0.1) is 0 Å². The van der Waals surface area contributed by atoms with Gasteiger partial charge < -0.3 is 0 Å². The molecule has 6 aromatic carbocycles. The van der Waals surface area contributed by atoms with Gasteiger partial charge in [-0.15, -0.1) is 11.3 Å². The maximum absolute atomic E-state index is 2.42. The van der Waals surface area contributed by atoms with Gasteiger partial charge >= 0.3 is 0 Å². The van der Waals surface area contributed by atoms with E-state index >= 15 is 0 Å². The molecule has 0 radical (unpaired) electrons. The topological polar surface area (TPSA) is 0 Å². The molecule has 7 aromatic rings. The summed E-state index contributed by atoms with van der Waals surface area (Å²) in [6.07, 6.45) is 0. The molecule has 1 aromatic heterocycles. The van der Waals surface area contributed by atoms with Gasteiger partial charge in [-0.05, 0) is 79.5 Å². The molecule has 0 fully saturated rings. The van der Waals surface area contributed by atoms with E-state index in [0.717, 1.165) is 0 Å². The van der Waals surface area contributed by atoms with E-state index in [4.69, 9.17) is 0 Å². The van der Waals surface area contributed by atoms with E-state index in [9.17, 15) is 0 Å². The van der Waals surface area contributed by atoms with Crippen LogP contribution in [0.5, 0.6) is 0 Å². The lowest BCUT2D eigenvalue weighted by molar-refractivity contribution is 0.660. The summed E-state index contributed by atoms with van der Waals surface area (Å²) >= 11 is 1.90. The highest BCUT2D eigenvalue weighted by Crippen LogP contribution is 2.49. The first-order chi connectivity index (χ1) is 18.6. The molecule has 0 aliphatic heterocycles. The van der Waals surface area contributed by atoms with Gasteiger partial charge in [-0.2, -0.15) is 0 Å². The molecule has 8 rings (SSSR count). The highest BCUT2D eigenvalue weighted by Gasteiger charge is 2.35. The van der Waals surface area contributed by atoms with Crippen LogP contribution in [-0.2, 0) is 5.41 Å². The molecule has 0 N–H and O–H groups in total. The Hall–Kier alpha value is -4.20. The second-order valence-electron chi connectivity index (χ2n) is 11.0. The Balaban J connectivity index is 1.21. The van der Waals surface area contributed by atoms with Gasteiger partial charge in [0.1, 0.15) is 0 Å². The number of hydrogen-bond donors (Lipinski definition) is 0. The van der Waals surface area contributed by atoms with Crippen molar-refractivity contribution in [2.75, 3.05) is 0 Å². The van der Waals surface area contributed by atoms with E-state index in [2.05, 4.69) is 135 Å². The molecule has 180 valence electrons. The number of hydrogen-bond acceptors (Lipinski definition) is 1. The summed E-state index contributed by atoms with van der Waals surface area (Å²) in [6.45, 7) is 4.70.